The van der Waals surface area contributed by atoms with Gasteiger partial charge in [0, 0.05) is 48.7 Å². The van der Waals surface area contributed by atoms with E-state index in [2.05, 4.69) is 120 Å². The molecule has 0 aliphatic carbocycles. The van der Waals surface area contributed by atoms with Crippen molar-refractivity contribution in [1.82, 2.24) is 0 Å². The summed E-state index contributed by atoms with van der Waals surface area (Å²) in [4.78, 5) is 4.56. The van der Waals surface area contributed by atoms with Crippen molar-refractivity contribution in [2.45, 2.75) is 12.8 Å². The summed E-state index contributed by atoms with van der Waals surface area (Å²) < 4.78 is 6.05. The highest BCUT2D eigenvalue weighted by Crippen LogP contribution is 2.28. The Labute approximate surface area is 209 Å². The van der Waals surface area contributed by atoms with Crippen molar-refractivity contribution in [3.8, 4) is 0 Å². The van der Waals surface area contributed by atoms with E-state index in [0.717, 1.165) is 47.4 Å². The molecule has 176 valence electrons. The average molecular weight is 461 g/mol. The number of hydrogen-bond donors (Lipinski definition) is 0. The van der Waals surface area contributed by atoms with Crippen LogP contribution >= 0.6 is 0 Å². The molecule has 4 rings (SSSR count). The quantitative estimate of drug-likeness (QED) is 0.197. The van der Waals surface area contributed by atoms with Gasteiger partial charge in [0.25, 0.3) is 0 Å². The second-order valence-corrected chi connectivity index (χ2v) is 8.32. The van der Waals surface area contributed by atoms with Gasteiger partial charge in [0.2, 0.25) is 0 Å². The van der Waals surface area contributed by atoms with Crippen LogP contribution in [0.15, 0.2) is 146 Å². The third-order valence-corrected chi connectivity index (χ3v) is 5.79. The number of ether oxygens (including phenoxy) is 1. The molecule has 0 aliphatic heterocycles. The van der Waals surface area contributed by atoms with Crippen LogP contribution in [0.2, 0.25) is 0 Å². The number of hydrogen-bond acceptors (Lipinski definition) is 3. The maximum atomic E-state index is 6.05. The first-order valence-electron chi connectivity index (χ1n) is 12.0. The van der Waals surface area contributed by atoms with Crippen LogP contribution < -0.4 is 9.80 Å². The highest BCUT2D eigenvalue weighted by molar-refractivity contribution is 5.64. The van der Waals surface area contributed by atoms with E-state index in [1.54, 1.807) is 0 Å². The monoisotopic (exact) mass is 460 g/mol. The molecule has 0 atom stereocenters. The van der Waals surface area contributed by atoms with Crippen molar-refractivity contribution < 1.29 is 4.74 Å². The van der Waals surface area contributed by atoms with E-state index in [1.165, 1.54) is 0 Å². The fourth-order valence-electron chi connectivity index (χ4n) is 4.03. The van der Waals surface area contributed by atoms with Gasteiger partial charge in [-0.1, -0.05) is 86.0 Å². The van der Waals surface area contributed by atoms with E-state index < -0.39 is 0 Å². The normalized spacial score (nSPS) is 10.4. The van der Waals surface area contributed by atoms with Crippen LogP contribution in [0, 0.1) is 0 Å². The Morgan fingerprint density at radius 3 is 0.971 bits per heavy atom. The minimum Gasteiger partial charge on any atom is -0.467 e. The van der Waals surface area contributed by atoms with E-state index in [-0.39, 0.29) is 0 Å². The molecule has 0 N–H and O–H groups in total. The lowest BCUT2D eigenvalue weighted by molar-refractivity contribution is 0.283. The smallest absolute Gasteiger partial charge is 0.0982 e. The first kappa shape index (κ1) is 23.9. The topological polar surface area (TPSA) is 15.7 Å². The number of benzene rings is 4. The number of anilines is 4. The van der Waals surface area contributed by atoms with E-state index in [1.807, 2.05) is 24.3 Å². The molecule has 0 spiro atoms. The maximum Gasteiger partial charge on any atom is 0.0982 e. The van der Waals surface area contributed by atoms with Gasteiger partial charge in [-0.15, -0.1) is 0 Å². The molecule has 0 unspecified atom stereocenters. The van der Waals surface area contributed by atoms with Crippen molar-refractivity contribution in [1.29, 1.82) is 0 Å². The molecule has 0 fully saturated rings. The summed E-state index contributed by atoms with van der Waals surface area (Å²) >= 11 is 0. The first-order chi connectivity index (χ1) is 17.2. The molecule has 3 heteroatoms. The summed E-state index contributed by atoms with van der Waals surface area (Å²) in [5, 5.41) is 0. The minimum atomic E-state index is 0.698. The highest BCUT2D eigenvalue weighted by atomic mass is 16.5. The SMILES string of the molecule is C=C(CCN(c1ccccc1)c1ccccc1)OC(=C)CCN(c1ccccc1)c1ccccc1. The van der Waals surface area contributed by atoms with Gasteiger partial charge in [-0.2, -0.15) is 0 Å². The number of para-hydroxylation sites is 4. The Morgan fingerprint density at radius 2 is 0.714 bits per heavy atom. The van der Waals surface area contributed by atoms with Crippen LogP contribution in [-0.2, 0) is 4.74 Å². The lowest BCUT2D eigenvalue weighted by Crippen LogP contribution is -2.20. The molecule has 0 aromatic heterocycles. The predicted octanol–water partition coefficient (Wildman–Crippen LogP) is 8.49. The molecular formula is C32H32N2O. The fourth-order valence-corrected chi connectivity index (χ4v) is 4.03. The van der Waals surface area contributed by atoms with Gasteiger partial charge < -0.3 is 14.5 Å². The molecule has 0 heterocycles. The first-order valence-corrected chi connectivity index (χ1v) is 12.0. The fraction of sp³-hybridized carbons (Fsp3) is 0.125. The van der Waals surface area contributed by atoms with Gasteiger partial charge in [-0.25, -0.2) is 0 Å². The molecule has 0 amide bonds. The Hall–Kier alpha value is -4.24. The van der Waals surface area contributed by atoms with Crippen LogP contribution in [0.25, 0.3) is 0 Å². The minimum absolute atomic E-state index is 0.698. The Kier molecular flexibility index (Phi) is 8.39. The molecule has 0 aliphatic rings. The van der Waals surface area contributed by atoms with E-state index in [0.29, 0.717) is 12.8 Å². The van der Waals surface area contributed by atoms with Crippen LogP contribution in [0.4, 0.5) is 22.7 Å². The van der Waals surface area contributed by atoms with Crippen molar-refractivity contribution in [2.75, 3.05) is 22.9 Å². The van der Waals surface area contributed by atoms with E-state index in [9.17, 15) is 0 Å². The Balaban J connectivity index is 1.35. The van der Waals surface area contributed by atoms with Gasteiger partial charge in [0.15, 0.2) is 0 Å². The third-order valence-electron chi connectivity index (χ3n) is 5.79. The summed E-state index contributed by atoms with van der Waals surface area (Å²) in [6.07, 6.45) is 1.40. The van der Waals surface area contributed by atoms with E-state index in [4.69, 9.17) is 4.74 Å². The third kappa shape index (κ3) is 6.87. The zero-order valence-electron chi connectivity index (χ0n) is 20.1. The Bertz CT molecular complexity index is 1020. The molecule has 4 aromatic rings. The molecule has 0 radical (unpaired) electrons. The van der Waals surface area contributed by atoms with Gasteiger partial charge >= 0.3 is 0 Å². The molecule has 35 heavy (non-hydrogen) atoms. The largest absolute Gasteiger partial charge is 0.467 e. The summed E-state index contributed by atoms with van der Waals surface area (Å²) in [6.45, 7) is 9.88. The summed E-state index contributed by atoms with van der Waals surface area (Å²) in [5.74, 6) is 1.44. The zero-order chi connectivity index (χ0) is 24.3. The van der Waals surface area contributed by atoms with Crippen LogP contribution in [0.1, 0.15) is 12.8 Å². The summed E-state index contributed by atoms with van der Waals surface area (Å²) in [6, 6.07) is 41.6. The number of rotatable bonds is 12. The van der Waals surface area contributed by atoms with Crippen molar-refractivity contribution in [2.24, 2.45) is 0 Å². The standard InChI is InChI=1S/C32H32N2O/c1-27(23-25-33(29-15-7-3-8-16-29)30-17-9-4-10-18-30)35-28(2)24-26-34(31-19-11-5-12-20-31)32-21-13-6-14-22-32/h3-22H,1-2,23-26H2. The summed E-state index contributed by atoms with van der Waals surface area (Å²) in [5.41, 5.74) is 4.58. The molecule has 3 nitrogen and oxygen atoms in total. The second kappa shape index (κ2) is 12.3. The van der Waals surface area contributed by atoms with Crippen LogP contribution in [0.5, 0.6) is 0 Å². The zero-order valence-corrected chi connectivity index (χ0v) is 20.1. The molecule has 4 aromatic carbocycles. The van der Waals surface area contributed by atoms with Crippen LogP contribution in [-0.4, -0.2) is 13.1 Å². The van der Waals surface area contributed by atoms with Crippen LogP contribution in [0.3, 0.4) is 0 Å². The number of nitrogens with zero attached hydrogens (tertiary/aromatic N) is 2. The molecule has 0 saturated heterocycles. The molecule has 0 saturated carbocycles. The van der Waals surface area contributed by atoms with Gasteiger partial charge in [0.05, 0.1) is 11.5 Å². The van der Waals surface area contributed by atoms with Gasteiger partial charge in [0.1, 0.15) is 0 Å². The van der Waals surface area contributed by atoms with Crippen molar-refractivity contribution in [3.63, 3.8) is 0 Å². The van der Waals surface area contributed by atoms with E-state index >= 15 is 0 Å². The summed E-state index contributed by atoms with van der Waals surface area (Å²) in [7, 11) is 0. The Morgan fingerprint density at radius 1 is 0.457 bits per heavy atom. The molecular weight excluding hydrogens is 428 g/mol. The predicted molar refractivity (Wildman–Crippen MR) is 148 cm³/mol. The molecule has 0 bridgehead atoms. The van der Waals surface area contributed by atoms with Gasteiger partial charge in [-0.3, -0.25) is 0 Å². The lowest BCUT2D eigenvalue weighted by atomic mass is 10.2. The van der Waals surface area contributed by atoms with Crippen molar-refractivity contribution in [3.05, 3.63) is 146 Å². The van der Waals surface area contributed by atoms with Gasteiger partial charge in [-0.05, 0) is 48.5 Å². The average Bonchev–Trinajstić information content (AvgIpc) is 2.91. The highest BCUT2D eigenvalue weighted by Gasteiger charge is 2.12. The van der Waals surface area contributed by atoms with Crippen molar-refractivity contribution >= 4 is 22.7 Å². The lowest BCUT2D eigenvalue weighted by Gasteiger charge is -2.26. The second-order valence-electron chi connectivity index (χ2n) is 8.32. The maximum absolute atomic E-state index is 6.05.